The molecule has 128 valence electrons. The van der Waals surface area contributed by atoms with Gasteiger partial charge in [-0.1, -0.05) is 18.2 Å². The molecule has 24 heavy (non-hydrogen) atoms. The van der Waals surface area contributed by atoms with Crippen LogP contribution in [0.4, 0.5) is 11.4 Å². The zero-order valence-electron chi connectivity index (χ0n) is 14.0. The van der Waals surface area contributed by atoms with Crippen LogP contribution < -0.4 is 15.8 Å². The Morgan fingerprint density at radius 3 is 2.67 bits per heavy atom. The lowest BCUT2D eigenvalue weighted by atomic mass is 10.1. The molecule has 5 nitrogen and oxygen atoms in total. The maximum atomic E-state index is 12.1. The molecule has 3 N–H and O–H groups in total. The topological polar surface area (TPSA) is 73.6 Å². The Kier molecular flexibility index (Phi) is 7.11. The molecular formula is C19H24N2O3. The standard InChI is InChI=1S/C19H24N2O3/c1-2-23-12-13-24-18-5-3-4-17(14-18)21-19(22)11-8-15-6-9-16(20)10-7-15/h3-7,9-10,14H,2,8,11-13,20H2,1H3,(H,21,22). The highest BCUT2D eigenvalue weighted by molar-refractivity contribution is 5.91. The number of amides is 1. The number of nitrogens with two attached hydrogens (primary N) is 1. The van der Waals surface area contributed by atoms with Gasteiger partial charge in [-0.2, -0.15) is 0 Å². The van der Waals surface area contributed by atoms with Crippen molar-refractivity contribution in [2.24, 2.45) is 0 Å². The monoisotopic (exact) mass is 328 g/mol. The Morgan fingerprint density at radius 2 is 1.92 bits per heavy atom. The molecule has 0 bridgehead atoms. The molecule has 0 radical (unpaired) electrons. The van der Waals surface area contributed by atoms with Gasteiger partial charge in [0.1, 0.15) is 12.4 Å². The molecule has 0 unspecified atom stereocenters. The molecule has 0 aromatic heterocycles. The third kappa shape index (κ3) is 6.30. The molecule has 0 aliphatic carbocycles. The molecule has 0 saturated carbocycles. The molecule has 0 spiro atoms. The number of anilines is 2. The van der Waals surface area contributed by atoms with Crippen LogP contribution in [-0.2, 0) is 16.0 Å². The molecule has 2 rings (SSSR count). The number of hydrogen-bond donors (Lipinski definition) is 2. The lowest BCUT2D eigenvalue weighted by Crippen LogP contribution is -2.12. The minimum atomic E-state index is -0.0294. The number of aryl methyl sites for hydroxylation is 1. The number of hydrogen-bond acceptors (Lipinski definition) is 4. The molecule has 0 atom stereocenters. The molecule has 0 heterocycles. The second-order valence-corrected chi connectivity index (χ2v) is 5.36. The smallest absolute Gasteiger partial charge is 0.224 e. The summed E-state index contributed by atoms with van der Waals surface area (Å²) in [6.45, 7) is 3.66. The van der Waals surface area contributed by atoms with Crippen molar-refractivity contribution in [1.29, 1.82) is 0 Å². The molecule has 5 heteroatoms. The van der Waals surface area contributed by atoms with Crippen molar-refractivity contribution >= 4 is 17.3 Å². The second-order valence-electron chi connectivity index (χ2n) is 5.36. The number of carbonyl (C=O) groups is 1. The van der Waals surface area contributed by atoms with E-state index in [-0.39, 0.29) is 5.91 Å². The van der Waals surface area contributed by atoms with Crippen molar-refractivity contribution in [3.8, 4) is 5.75 Å². The van der Waals surface area contributed by atoms with E-state index in [2.05, 4.69) is 5.32 Å². The van der Waals surface area contributed by atoms with Crippen molar-refractivity contribution in [2.45, 2.75) is 19.8 Å². The molecule has 0 saturated heterocycles. The third-order valence-corrected chi connectivity index (χ3v) is 3.44. The van der Waals surface area contributed by atoms with E-state index in [9.17, 15) is 4.79 Å². The van der Waals surface area contributed by atoms with E-state index in [1.807, 2.05) is 55.5 Å². The summed E-state index contributed by atoms with van der Waals surface area (Å²) in [6, 6.07) is 14.9. The summed E-state index contributed by atoms with van der Waals surface area (Å²) in [4.78, 5) is 12.1. The predicted octanol–water partition coefficient (Wildman–Crippen LogP) is 3.26. The van der Waals surface area contributed by atoms with Gasteiger partial charge in [-0.15, -0.1) is 0 Å². The molecule has 0 aliphatic heterocycles. The van der Waals surface area contributed by atoms with Gasteiger partial charge in [0.15, 0.2) is 0 Å². The van der Waals surface area contributed by atoms with Crippen LogP contribution in [0.5, 0.6) is 5.75 Å². The predicted molar refractivity (Wildman–Crippen MR) is 96.2 cm³/mol. The summed E-state index contributed by atoms with van der Waals surface area (Å²) in [6.07, 6.45) is 1.09. The Labute approximate surface area is 142 Å². The molecule has 2 aromatic rings. The van der Waals surface area contributed by atoms with E-state index >= 15 is 0 Å². The lowest BCUT2D eigenvalue weighted by Gasteiger charge is -2.09. The normalized spacial score (nSPS) is 10.4. The minimum Gasteiger partial charge on any atom is -0.491 e. The highest BCUT2D eigenvalue weighted by Crippen LogP contribution is 2.18. The van der Waals surface area contributed by atoms with Gasteiger partial charge in [-0.05, 0) is 43.2 Å². The zero-order valence-corrected chi connectivity index (χ0v) is 14.0. The van der Waals surface area contributed by atoms with Crippen LogP contribution in [-0.4, -0.2) is 25.7 Å². The largest absolute Gasteiger partial charge is 0.491 e. The lowest BCUT2D eigenvalue weighted by molar-refractivity contribution is -0.116. The average Bonchev–Trinajstić information content (AvgIpc) is 2.59. The first-order valence-corrected chi connectivity index (χ1v) is 8.12. The van der Waals surface area contributed by atoms with Gasteiger partial charge in [-0.25, -0.2) is 0 Å². The van der Waals surface area contributed by atoms with Crippen molar-refractivity contribution < 1.29 is 14.3 Å². The van der Waals surface area contributed by atoms with E-state index in [0.29, 0.717) is 38.4 Å². The molecule has 1 amide bonds. The number of nitrogen functional groups attached to an aromatic ring is 1. The van der Waals surface area contributed by atoms with Crippen LogP contribution in [0.2, 0.25) is 0 Å². The molecule has 0 aliphatic rings. The summed E-state index contributed by atoms with van der Waals surface area (Å²) in [7, 11) is 0. The quantitative estimate of drug-likeness (QED) is 0.547. The van der Waals surface area contributed by atoms with Gasteiger partial charge < -0.3 is 20.5 Å². The summed E-state index contributed by atoms with van der Waals surface area (Å²) >= 11 is 0. The fraction of sp³-hybridized carbons (Fsp3) is 0.316. The highest BCUT2D eigenvalue weighted by Gasteiger charge is 2.04. The number of nitrogens with one attached hydrogen (secondary N) is 1. The van der Waals surface area contributed by atoms with Crippen molar-refractivity contribution in [3.05, 3.63) is 54.1 Å². The van der Waals surface area contributed by atoms with Crippen LogP contribution in [0.15, 0.2) is 48.5 Å². The second kappa shape index (κ2) is 9.57. The fourth-order valence-corrected chi connectivity index (χ4v) is 2.19. The fourth-order valence-electron chi connectivity index (χ4n) is 2.19. The Bertz CT molecular complexity index is 641. The van der Waals surface area contributed by atoms with Crippen LogP contribution in [0, 0.1) is 0 Å². The highest BCUT2D eigenvalue weighted by atomic mass is 16.5. The van der Waals surface area contributed by atoms with Crippen molar-refractivity contribution in [1.82, 2.24) is 0 Å². The van der Waals surface area contributed by atoms with Crippen molar-refractivity contribution in [2.75, 3.05) is 30.9 Å². The van der Waals surface area contributed by atoms with Gasteiger partial charge in [-0.3, -0.25) is 4.79 Å². The average molecular weight is 328 g/mol. The maximum absolute atomic E-state index is 12.1. The van der Waals surface area contributed by atoms with Gasteiger partial charge in [0.2, 0.25) is 5.91 Å². The number of benzene rings is 2. The first-order chi connectivity index (χ1) is 11.7. The van der Waals surface area contributed by atoms with Crippen molar-refractivity contribution in [3.63, 3.8) is 0 Å². The van der Waals surface area contributed by atoms with Gasteiger partial charge in [0.25, 0.3) is 0 Å². The van der Waals surface area contributed by atoms with Crippen LogP contribution in [0.25, 0.3) is 0 Å². The zero-order chi connectivity index (χ0) is 17.2. The Hall–Kier alpha value is -2.53. The third-order valence-electron chi connectivity index (χ3n) is 3.44. The first kappa shape index (κ1) is 17.8. The van der Waals surface area contributed by atoms with Crippen LogP contribution in [0.1, 0.15) is 18.9 Å². The summed E-state index contributed by atoms with van der Waals surface area (Å²) in [5, 5.41) is 2.89. The minimum absolute atomic E-state index is 0.0294. The van der Waals surface area contributed by atoms with E-state index in [4.69, 9.17) is 15.2 Å². The van der Waals surface area contributed by atoms with Crippen LogP contribution >= 0.6 is 0 Å². The van der Waals surface area contributed by atoms with E-state index in [1.165, 1.54) is 0 Å². The number of ether oxygens (including phenoxy) is 2. The summed E-state index contributed by atoms with van der Waals surface area (Å²) < 4.78 is 10.8. The van der Waals surface area contributed by atoms with Crippen LogP contribution in [0.3, 0.4) is 0 Å². The van der Waals surface area contributed by atoms with E-state index < -0.39 is 0 Å². The summed E-state index contributed by atoms with van der Waals surface area (Å²) in [5.41, 5.74) is 8.20. The number of carbonyl (C=O) groups excluding carboxylic acids is 1. The molecule has 2 aromatic carbocycles. The maximum Gasteiger partial charge on any atom is 0.224 e. The van der Waals surface area contributed by atoms with E-state index in [0.717, 1.165) is 16.9 Å². The SMILES string of the molecule is CCOCCOc1cccc(NC(=O)CCc2ccc(N)cc2)c1. The van der Waals surface area contributed by atoms with Gasteiger partial charge in [0.05, 0.1) is 6.61 Å². The summed E-state index contributed by atoms with van der Waals surface area (Å²) in [5.74, 6) is 0.685. The molecular weight excluding hydrogens is 304 g/mol. The number of rotatable bonds is 9. The van der Waals surface area contributed by atoms with Gasteiger partial charge in [0, 0.05) is 30.5 Å². The Balaban J connectivity index is 1.79. The van der Waals surface area contributed by atoms with Gasteiger partial charge >= 0.3 is 0 Å². The van der Waals surface area contributed by atoms with E-state index in [1.54, 1.807) is 0 Å². The first-order valence-electron chi connectivity index (χ1n) is 8.12. The molecule has 0 fully saturated rings. The Morgan fingerprint density at radius 1 is 1.12 bits per heavy atom.